The summed E-state index contributed by atoms with van der Waals surface area (Å²) in [4.78, 5) is 22.5. The standard InChI is InChI=1S/C33H39N3O5S/c1-19-3-10-29(27(11-19)28-18-42-33(34-28)36-13-22-5-6-23(14-36)30(22)32(38)39)40-17-24-7-4-21(12-20(24)2)31(37)35-15-25-8-9-26(16-35)41-25/h3-4,7,10-12,18,22-23,25-26,30,32,38-39H,5-6,8-9,13-17H2,1-2H3/t22-,23+,25-,26+,30+. The van der Waals surface area contributed by atoms with Crippen LogP contribution in [0.1, 0.15) is 52.7 Å². The van der Waals surface area contributed by atoms with Gasteiger partial charge < -0.3 is 29.5 Å². The lowest BCUT2D eigenvalue weighted by molar-refractivity contribution is -0.109. The normalized spacial score (nSPS) is 26.7. The van der Waals surface area contributed by atoms with Crippen LogP contribution in [0.2, 0.25) is 0 Å². The number of aliphatic hydroxyl groups is 2. The van der Waals surface area contributed by atoms with Gasteiger partial charge in [-0.1, -0.05) is 17.7 Å². The second-order valence-corrected chi connectivity index (χ2v) is 13.4. The number of amides is 1. The zero-order valence-electron chi connectivity index (χ0n) is 24.2. The van der Waals surface area contributed by atoms with Gasteiger partial charge in [0.2, 0.25) is 0 Å². The van der Waals surface area contributed by atoms with E-state index >= 15 is 0 Å². The molecule has 1 saturated carbocycles. The van der Waals surface area contributed by atoms with Crippen molar-refractivity contribution in [1.29, 1.82) is 0 Å². The maximum absolute atomic E-state index is 13.2. The van der Waals surface area contributed by atoms with E-state index in [0.717, 1.165) is 83.2 Å². The number of carbonyl (C=O) groups excluding carboxylic acids is 1. The molecular weight excluding hydrogens is 550 g/mol. The van der Waals surface area contributed by atoms with Crippen molar-refractivity contribution in [2.75, 3.05) is 31.1 Å². The molecule has 2 N–H and O–H groups in total. The summed E-state index contributed by atoms with van der Waals surface area (Å²) in [6.07, 6.45) is 3.30. The van der Waals surface area contributed by atoms with Crippen molar-refractivity contribution >= 4 is 22.4 Å². The van der Waals surface area contributed by atoms with Gasteiger partial charge in [0.1, 0.15) is 12.4 Å². The van der Waals surface area contributed by atoms with Crippen molar-refractivity contribution in [3.8, 4) is 17.0 Å². The van der Waals surface area contributed by atoms with E-state index in [0.29, 0.717) is 31.5 Å². The molecule has 4 bridgehead atoms. The molecule has 2 aromatic carbocycles. The number of benzene rings is 2. The van der Waals surface area contributed by atoms with E-state index in [1.165, 1.54) is 0 Å². The summed E-state index contributed by atoms with van der Waals surface area (Å²) in [7, 11) is 0. The number of aryl methyl sites for hydroxylation is 2. The highest BCUT2D eigenvalue weighted by Gasteiger charge is 2.45. The number of carbonyl (C=O) groups is 1. The smallest absolute Gasteiger partial charge is 0.254 e. The van der Waals surface area contributed by atoms with Gasteiger partial charge in [-0.3, -0.25) is 4.79 Å². The number of fused-ring (bicyclic) bond motifs is 4. The molecule has 0 radical (unpaired) electrons. The van der Waals surface area contributed by atoms with E-state index < -0.39 is 6.29 Å². The Balaban J connectivity index is 1.04. The van der Waals surface area contributed by atoms with Crippen molar-refractivity contribution in [1.82, 2.24) is 9.88 Å². The first-order valence-electron chi connectivity index (χ1n) is 15.2. The zero-order valence-corrected chi connectivity index (χ0v) is 25.1. The second kappa shape index (κ2) is 11.3. The number of anilines is 1. The van der Waals surface area contributed by atoms with Crippen LogP contribution >= 0.6 is 11.3 Å². The lowest BCUT2D eigenvalue weighted by atomic mass is 9.85. The van der Waals surface area contributed by atoms with Gasteiger partial charge >= 0.3 is 0 Å². The molecule has 7 rings (SSSR count). The number of ether oxygens (including phenoxy) is 2. The first-order chi connectivity index (χ1) is 20.3. The van der Waals surface area contributed by atoms with E-state index in [4.69, 9.17) is 14.5 Å². The fraction of sp³-hybridized carbons (Fsp3) is 0.515. The Morgan fingerprint density at radius 1 is 1.02 bits per heavy atom. The molecule has 1 amide bonds. The van der Waals surface area contributed by atoms with Gasteiger partial charge in [-0.05, 0) is 86.8 Å². The fourth-order valence-corrected chi connectivity index (χ4v) is 8.37. The summed E-state index contributed by atoms with van der Waals surface area (Å²) in [5.41, 5.74) is 5.79. The minimum absolute atomic E-state index is 0.0254. The minimum atomic E-state index is -1.23. The van der Waals surface area contributed by atoms with E-state index in [9.17, 15) is 15.0 Å². The second-order valence-electron chi connectivity index (χ2n) is 12.6. The van der Waals surface area contributed by atoms with Crippen molar-refractivity contribution in [3.63, 3.8) is 0 Å². The van der Waals surface area contributed by atoms with Crippen molar-refractivity contribution in [2.24, 2.45) is 17.8 Å². The van der Waals surface area contributed by atoms with E-state index in [2.05, 4.69) is 29.3 Å². The van der Waals surface area contributed by atoms with Gasteiger partial charge in [0.05, 0.1) is 17.9 Å². The van der Waals surface area contributed by atoms with Crippen molar-refractivity contribution < 1.29 is 24.5 Å². The summed E-state index contributed by atoms with van der Waals surface area (Å²) in [6, 6.07) is 12.1. The molecule has 4 fully saturated rings. The van der Waals surface area contributed by atoms with Crippen LogP contribution in [0, 0.1) is 31.6 Å². The van der Waals surface area contributed by atoms with Gasteiger partial charge in [0.15, 0.2) is 11.4 Å². The highest BCUT2D eigenvalue weighted by molar-refractivity contribution is 7.14. The molecule has 0 spiro atoms. The molecule has 1 aliphatic carbocycles. The lowest BCUT2D eigenvalue weighted by Gasteiger charge is -2.38. The molecule has 8 nitrogen and oxygen atoms in total. The predicted octanol–water partition coefficient (Wildman–Crippen LogP) is 4.78. The highest BCUT2D eigenvalue weighted by atomic mass is 32.1. The van der Waals surface area contributed by atoms with E-state index in [1.54, 1.807) is 11.3 Å². The number of rotatable bonds is 7. The largest absolute Gasteiger partial charge is 0.488 e. The number of aliphatic hydroxyl groups excluding tert-OH is 1. The molecule has 9 heteroatoms. The van der Waals surface area contributed by atoms with Crippen LogP contribution < -0.4 is 9.64 Å². The number of thiazole rings is 1. The van der Waals surface area contributed by atoms with Crippen LogP contribution in [-0.4, -0.2) is 70.7 Å². The van der Waals surface area contributed by atoms with Gasteiger partial charge in [-0.2, -0.15) is 0 Å². The molecule has 5 atom stereocenters. The number of hydrogen-bond donors (Lipinski definition) is 2. The third-order valence-electron chi connectivity index (χ3n) is 9.73. The van der Waals surface area contributed by atoms with Crippen LogP contribution in [0.4, 0.5) is 5.13 Å². The Bertz CT molecular complexity index is 1450. The number of morpholine rings is 1. The summed E-state index contributed by atoms with van der Waals surface area (Å²) in [5, 5.41) is 22.8. The molecule has 0 unspecified atom stereocenters. The third-order valence-corrected chi connectivity index (χ3v) is 10.6. The number of likely N-dealkylation sites (tertiary alicyclic amines) is 1. The zero-order chi connectivity index (χ0) is 29.0. The number of nitrogens with zero attached hydrogens (tertiary/aromatic N) is 3. The first-order valence-corrected chi connectivity index (χ1v) is 16.0. The van der Waals surface area contributed by atoms with Crippen molar-refractivity contribution in [3.05, 3.63) is 64.0 Å². The maximum Gasteiger partial charge on any atom is 0.254 e. The summed E-state index contributed by atoms with van der Waals surface area (Å²) < 4.78 is 12.3. The van der Waals surface area contributed by atoms with Gasteiger partial charge in [0.25, 0.3) is 5.91 Å². The average molecular weight is 590 g/mol. The summed E-state index contributed by atoms with van der Waals surface area (Å²) in [5.74, 6) is 1.42. The lowest BCUT2D eigenvalue weighted by Crippen LogP contribution is -2.46. The highest BCUT2D eigenvalue weighted by Crippen LogP contribution is 2.45. The third kappa shape index (κ3) is 5.32. The predicted molar refractivity (Wildman–Crippen MR) is 162 cm³/mol. The van der Waals surface area contributed by atoms with Crippen LogP contribution in [0.25, 0.3) is 11.3 Å². The van der Waals surface area contributed by atoms with Crippen LogP contribution in [0.15, 0.2) is 41.8 Å². The van der Waals surface area contributed by atoms with Crippen LogP contribution in [-0.2, 0) is 11.3 Å². The van der Waals surface area contributed by atoms with Crippen molar-refractivity contribution in [2.45, 2.75) is 64.6 Å². The molecule has 222 valence electrons. The summed E-state index contributed by atoms with van der Waals surface area (Å²) >= 11 is 1.63. The molecule has 4 aliphatic rings. The quantitative estimate of drug-likeness (QED) is 0.383. The van der Waals surface area contributed by atoms with Crippen LogP contribution in [0.3, 0.4) is 0 Å². The monoisotopic (exact) mass is 589 g/mol. The molecule has 3 aromatic rings. The Kier molecular flexibility index (Phi) is 7.46. The topological polar surface area (TPSA) is 95.4 Å². The molecule has 42 heavy (non-hydrogen) atoms. The first kappa shape index (κ1) is 27.8. The Labute approximate surface area is 250 Å². The number of piperidine rings is 1. The number of aromatic nitrogens is 1. The molecule has 3 saturated heterocycles. The molecule has 1 aromatic heterocycles. The van der Waals surface area contributed by atoms with Gasteiger partial charge in [0, 0.05) is 48.6 Å². The number of hydrogen-bond acceptors (Lipinski definition) is 8. The molecule has 3 aliphatic heterocycles. The van der Waals surface area contributed by atoms with Crippen LogP contribution in [0.5, 0.6) is 5.75 Å². The Morgan fingerprint density at radius 2 is 1.76 bits per heavy atom. The average Bonchev–Trinajstić information content (AvgIpc) is 3.68. The maximum atomic E-state index is 13.2. The Hall–Kier alpha value is -2.98. The molecule has 4 heterocycles. The summed E-state index contributed by atoms with van der Waals surface area (Å²) in [6.45, 7) is 7.49. The SMILES string of the molecule is Cc1ccc(OCc2ccc(C(=O)N3C[C@H]4CC[C@@H](C3)O4)cc2C)c(-c2csc(N3C[C@H]4CC[C@@H](C3)[C@H]4C(O)O)n2)c1. The Morgan fingerprint density at radius 3 is 2.45 bits per heavy atom. The fourth-order valence-electron chi connectivity index (χ4n) is 7.52. The molecular formula is C33H39N3O5S. The van der Waals surface area contributed by atoms with E-state index in [-0.39, 0.29) is 24.0 Å². The van der Waals surface area contributed by atoms with E-state index in [1.807, 2.05) is 36.1 Å². The minimum Gasteiger partial charge on any atom is -0.488 e. The van der Waals surface area contributed by atoms with Gasteiger partial charge in [-0.25, -0.2) is 4.98 Å². The van der Waals surface area contributed by atoms with Gasteiger partial charge in [-0.15, -0.1) is 11.3 Å².